The van der Waals surface area contributed by atoms with E-state index in [1.807, 2.05) is 0 Å². The van der Waals surface area contributed by atoms with Crippen LogP contribution in [0.25, 0.3) is 0 Å². The van der Waals surface area contributed by atoms with Gasteiger partial charge < -0.3 is 0 Å². The van der Waals surface area contributed by atoms with E-state index in [1.54, 1.807) is 0 Å². The van der Waals surface area contributed by atoms with Crippen molar-refractivity contribution in [1.82, 2.24) is 0 Å². The van der Waals surface area contributed by atoms with Gasteiger partial charge in [-0.05, 0) is 0 Å². The van der Waals surface area contributed by atoms with E-state index >= 15 is 0 Å². The van der Waals surface area contributed by atoms with Crippen molar-refractivity contribution in [3.63, 3.8) is 0 Å². The molecule has 0 saturated heterocycles. The van der Waals surface area contributed by atoms with Gasteiger partial charge in [-0.25, -0.2) is 0 Å². The van der Waals surface area contributed by atoms with Crippen molar-refractivity contribution >= 4 is 22.8 Å². The fourth-order valence-corrected chi connectivity index (χ4v) is 2.39. The van der Waals surface area contributed by atoms with Crippen LogP contribution in [0.5, 0.6) is 0 Å². The summed E-state index contributed by atoms with van der Waals surface area (Å²) in [6, 6.07) is 0. The van der Waals surface area contributed by atoms with E-state index in [9.17, 15) is 0 Å². The summed E-state index contributed by atoms with van der Waals surface area (Å²) in [6.45, 7) is 2.27. The maximum absolute atomic E-state index is 2.69. The standard InChI is InChI=1S/C8H19PSe/c1-2-3-4-5-6-7-8-9-10/h9-10H,2-8H2,1H3. The van der Waals surface area contributed by atoms with Gasteiger partial charge in [0.1, 0.15) is 0 Å². The molecule has 0 bridgehead atoms. The molecular formula is C8H19PSe. The van der Waals surface area contributed by atoms with Gasteiger partial charge in [0.05, 0.1) is 0 Å². The molecule has 0 aromatic heterocycles. The zero-order valence-corrected chi connectivity index (χ0v) is 9.77. The summed E-state index contributed by atoms with van der Waals surface area (Å²) in [4.78, 5) is 0. The molecular weight excluding hydrogens is 206 g/mol. The number of hydrogen-bond acceptors (Lipinski definition) is 0. The molecule has 0 aromatic rings. The Hall–Kier alpha value is 0.949. The van der Waals surface area contributed by atoms with Crippen molar-refractivity contribution in [2.45, 2.75) is 45.4 Å². The van der Waals surface area contributed by atoms with Gasteiger partial charge >= 0.3 is 74.5 Å². The molecule has 0 heterocycles. The number of unbranched alkanes of at least 4 members (excludes halogenated alkanes) is 5. The third kappa shape index (κ3) is 8.95. The van der Waals surface area contributed by atoms with Crippen molar-refractivity contribution in [2.24, 2.45) is 0 Å². The fraction of sp³-hybridized carbons (Fsp3) is 1.00. The average Bonchev–Trinajstić information content (AvgIpc) is 1.97. The first-order chi connectivity index (χ1) is 4.91. The van der Waals surface area contributed by atoms with Gasteiger partial charge in [0, 0.05) is 0 Å². The van der Waals surface area contributed by atoms with E-state index in [4.69, 9.17) is 0 Å². The van der Waals surface area contributed by atoms with E-state index in [-0.39, 0.29) is 0 Å². The Morgan fingerprint density at radius 1 is 1.00 bits per heavy atom. The second-order valence-electron chi connectivity index (χ2n) is 2.68. The van der Waals surface area contributed by atoms with Crippen LogP contribution in [0.4, 0.5) is 0 Å². The topological polar surface area (TPSA) is 0 Å². The van der Waals surface area contributed by atoms with Gasteiger partial charge in [-0.3, -0.25) is 0 Å². The molecule has 0 aromatic carbocycles. The Kier molecular flexibility index (Phi) is 10.9. The normalized spacial score (nSPS) is 11.4. The van der Waals surface area contributed by atoms with Crippen molar-refractivity contribution in [1.29, 1.82) is 0 Å². The zero-order chi connectivity index (χ0) is 7.66. The first-order valence-corrected chi connectivity index (χ1v) is 8.25. The summed E-state index contributed by atoms with van der Waals surface area (Å²) in [5.41, 5.74) is 0. The molecule has 0 amide bonds. The molecule has 10 heavy (non-hydrogen) atoms. The van der Waals surface area contributed by atoms with Crippen molar-refractivity contribution < 1.29 is 0 Å². The predicted molar refractivity (Wildman–Crippen MR) is 53.7 cm³/mol. The molecule has 0 aliphatic rings. The monoisotopic (exact) mass is 226 g/mol. The van der Waals surface area contributed by atoms with Gasteiger partial charge in [0.15, 0.2) is 0 Å². The van der Waals surface area contributed by atoms with Crippen LogP contribution in [0.3, 0.4) is 0 Å². The average molecular weight is 225 g/mol. The SMILES string of the molecule is CCCCCCCCP[SeH]. The summed E-state index contributed by atoms with van der Waals surface area (Å²) in [6.07, 6.45) is 10.1. The number of hydrogen-bond donors (Lipinski definition) is 0. The Morgan fingerprint density at radius 3 is 2.20 bits per heavy atom. The maximum atomic E-state index is 2.69. The van der Waals surface area contributed by atoms with E-state index in [1.165, 1.54) is 44.7 Å². The Labute approximate surface area is 74.8 Å². The first-order valence-electron chi connectivity index (χ1n) is 4.28. The number of rotatable bonds is 7. The molecule has 62 valence electrons. The van der Waals surface area contributed by atoms with Gasteiger partial charge in [-0.15, -0.1) is 0 Å². The molecule has 1 unspecified atom stereocenters. The van der Waals surface area contributed by atoms with Crippen molar-refractivity contribution in [2.75, 3.05) is 6.16 Å². The quantitative estimate of drug-likeness (QED) is 0.355. The third-order valence-electron chi connectivity index (χ3n) is 1.64. The molecule has 0 aliphatic carbocycles. The minimum absolute atomic E-state index is 1.11. The van der Waals surface area contributed by atoms with Gasteiger partial charge in [-0.2, -0.15) is 0 Å². The molecule has 0 nitrogen and oxygen atoms in total. The molecule has 0 fully saturated rings. The van der Waals surface area contributed by atoms with E-state index in [0.29, 0.717) is 0 Å². The van der Waals surface area contributed by atoms with Crippen LogP contribution in [0, 0.1) is 0 Å². The summed E-state index contributed by atoms with van der Waals surface area (Å²) in [7, 11) is 1.11. The van der Waals surface area contributed by atoms with Crippen LogP contribution in [0.1, 0.15) is 45.4 Å². The van der Waals surface area contributed by atoms with Crippen LogP contribution in [-0.4, -0.2) is 21.7 Å². The first kappa shape index (κ1) is 10.9. The predicted octanol–water partition coefficient (Wildman–Crippen LogP) is 2.84. The second-order valence-corrected chi connectivity index (χ2v) is 5.48. The Balaban J connectivity index is 2.65. The molecule has 2 heteroatoms. The Bertz CT molecular complexity index is 49.2. The van der Waals surface area contributed by atoms with E-state index in [0.717, 1.165) is 7.27 Å². The Morgan fingerprint density at radius 2 is 1.60 bits per heavy atom. The van der Waals surface area contributed by atoms with Crippen LogP contribution in [-0.2, 0) is 0 Å². The summed E-state index contributed by atoms with van der Waals surface area (Å²) < 4.78 is 0. The molecule has 0 spiro atoms. The molecule has 1 atom stereocenters. The van der Waals surface area contributed by atoms with Crippen LogP contribution < -0.4 is 0 Å². The van der Waals surface area contributed by atoms with Gasteiger partial charge in [0.25, 0.3) is 0 Å². The minimum atomic E-state index is 1.11. The molecule has 0 radical (unpaired) electrons. The van der Waals surface area contributed by atoms with Crippen LogP contribution in [0.2, 0.25) is 0 Å². The molecule has 0 aliphatic heterocycles. The summed E-state index contributed by atoms with van der Waals surface area (Å²) in [5, 5.41) is 0. The van der Waals surface area contributed by atoms with Crippen LogP contribution in [0.15, 0.2) is 0 Å². The van der Waals surface area contributed by atoms with E-state index in [2.05, 4.69) is 22.5 Å². The molecule has 0 N–H and O–H groups in total. The van der Waals surface area contributed by atoms with E-state index < -0.39 is 0 Å². The summed E-state index contributed by atoms with van der Waals surface area (Å²) in [5.74, 6) is 0. The molecule has 0 saturated carbocycles. The summed E-state index contributed by atoms with van der Waals surface area (Å²) >= 11 is 2.69. The van der Waals surface area contributed by atoms with Crippen LogP contribution >= 0.6 is 7.27 Å². The van der Waals surface area contributed by atoms with Crippen molar-refractivity contribution in [3.05, 3.63) is 0 Å². The van der Waals surface area contributed by atoms with Gasteiger partial charge in [0.2, 0.25) is 0 Å². The molecule has 0 rings (SSSR count). The van der Waals surface area contributed by atoms with Crippen molar-refractivity contribution in [3.8, 4) is 0 Å². The second kappa shape index (κ2) is 9.95. The zero-order valence-electron chi connectivity index (χ0n) is 6.90. The van der Waals surface area contributed by atoms with Gasteiger partial charge in [-0.1, -0.05) is 0 Å². The third-order valence-corrected chi connectivity index (χ3v) is 3.63. The fourth-order valence-electron chi connectivity index (χ4n) is 0.984.